The zero-order chi connectivity index (χ0) is 18.8. The molecule has 0 unspecified atom stereocenters. The second-order valence-electron chi connectivity index (χ2n) is 7.51. The van der Waals surface area contributed by atoms with E-state index in [2.05, 4.69) is 15.3 Å². The first-order valence-electron chi connectivity index (χ1n) is 9.59. The van der Waals surface area contributed by atoms with Gasteiger partial charge in [0.25, 0.3) is 11.8 Å². The van der Waals surface area contributed by atoms with Crippen molar-refractivity contribution >= 4 is 11.8 Å². The summed E-state index contributed by atoms with van der Waals surface area (Å²) in [4.78, 5) is 35.5. The van der Waals surface area contributed by atoms with Crippen molar-refractivity contribution in [1.82, 2.24) is 20.2 Å². The summed E-state index contributed by atoms with van der Waals surface area (Å²) in [6.45, 7) is 3.30. The van der Waals surface area contributed by atoms with Crippen LogP contribution in [0.1, 0.15) is 63.7 Å². The Kier molecular flexibility index (Phi) is 4.88. The zero-order valence-electron chi connectivity index (χ0n) is 15.5. The van der Waals surface area contributed by atoms with E-state index in [1.54, 1.807) is 12.4 Å². The van der Waals surface area contributed by atoms with Gasteiger partial charge in [0.15, 0.2) is 0 Å². The van der Waals surface area contributed by atoms with Gasteiger partial charge in [-0.1, -0.05) is 17.7 Å². The quantitative estimate of drug-likeness (QED) is 0.905. The molecule has 2 heterocycles. The van der Waals surface area contributed by atoms with Gasteiger partial charge in [0.1, 0.15) is 5.82 Å². The second kappa shape index (κ2) is 7.47. The highest BCUT2D eigenvalue weighted by Crippen LogP contribution is 2.37. The number of aromatic nitrogens is 2. The number of hydrogen-bond donors (Lipinski definition) is 1. The first-order chi connectivity index (χ1) is 13.1. The molecule has 140 valence electrons. The van der Waals surface area contributed by atoms with Gasteiger partial charge in [-0.2, -0.15) is 0 Å². The highest BCUT2D eigenvalue weighted by Gasteiger charge is 2.27. The third-order valence-electron chi connectivity index (χ3n) is 5.29. The first-order valence-corrected chi connectivity index (χ1v) is 9.59. The number of carbonyl (C=O) groups is 2. The molecule has 1 aromatic heterocycles. The molecular formula is C21H24N4O2. The Balaban J connectivity index is 1.29. The predicted molar refractivity (Wildman–Crippen MR) is 102 cm³/mol. The summed E-state index contributed by atoms with van der Waals surface area (Å²) in [6, 6.07) is 7.73. The van der Waals surface area contributed by atoms with Crippen LogP contribution < -0.4 is 5.32 Å². The lowest BCUT2D eigenvalue weighted by Crippen LogP contribution is -2.46. The van der Waals surface area contributed by atoms with E-state index in [1.165, 1.54) is 0 Å². The molecule has 1 saturated heterocycles. The molecule has 1 aliphatic carbocycles. The van der Waals surface area contributed by atoms with Gasteiger partial charge in [0.2, 0.25) is 0 Å². The maximum atomic E-state index is 12.6. The van der Waals surface area contributed by atoms with Crippen LogP contribution in [-0.4, -0.2) is 45.8 Å². The van der Waals surface area contributed by atoms with Crippen LogP contribution in [0.2, 0.25) is 0 Å². The van der Waals surface area contributed by atoms with E-state index < -0.39 is 0 Å². The number of amides is 2. The minimum absolute atomic E-state index is 0.0591. The van der Waals surface area contributed by atoms with Crippen LogP contribution in [0.4, 0.5) is 0 Å². The summed E-state index contributed by atoms with van der Waals surface area (Å²) in [7, 11) is 0. The molecule has 27 heavy (non-hydrogen) atoms. The monoisotopic (exact) mass is 364 g/mol. The molecule has 1 N–H and O–H groups in total. The standard InChI is InChI=1S/C21H24N4O2/c1-14-2-4-16(5-3-14)21(27)25-10-8-18(9-11-25)24-20(26)17-12-22-19(23-13-17)15-6-7-15/h2-5,12-13,15,18H,6-11H2,1H3,(H,24,26). The Hall–Kier alpha value is -2.76. The highest BCUT2D eigenvalue weighted by atomic mass is 16.2. The molecule has 2 aromatic rings. The number of carbonyl (C=O) groups excluding carboxylic acids is 2. The molecule has 0 bridgehead atoms. The molecule has 6 heteroatoms. The van der Waals surface area contributed by atoms with Crippen molar-refractivity contribution in [2.45, 2.75) is 44.6 Å². The fraction of sp³-hybridized carbons (Fsp3) is 0.429. The Bertz CT molecular complexity index is 820. The van der Waals surface area contributed by atoms with Gasteiger partial charge < -0.3 is 10.2 Å². The minimum atomic E-state index is -0.138. The van der Waals surface area contributed by atoms with Crippen LogP contribution in [0.3, 0.4) is 0 Å². The number of likely N-dealkylation sites (tertiary alicyclic amines) is 1. The van der Waals surface area contributed by atoms with Crippen LogP contribution >= 0.6 is 0 Å². The van der Waals surface area contributed by atoms with Crippen LogP contribution in [0.15, 0.2) is 36.7 Å². The summed E-state index contributed by atoms with van der Waals surface area (Å²) in [6.07, 6.45) is 7.03. The third kappa shape index (κ3) is 4.15. The fourth-order valence-corrected chi connectivity index (χ4v) is 3.38. The second-order valence-corrected chi connectivity index (χ2v) is 7.51. The van der Waals surface area contributed by atoms with Crippen LogP contribution in [0.25, 0.3) is 0 Å². The molecule has 2 fully saturated rings. The van der Waals surface area contributed by atoms with E-state index in [0.717, 1.165) is 42.6 Å². The van der Waals surface area contributed by atoms with Crippen molar-refractivity contribution in [2.75, 3.05) is 13.1 Å². The number of hydrogen-bond acceptors (Lipinski definition) is 4. The number of piperidine rings is 1. The van der Waals surface area contributed by atoms with Gasteiger partial charge in [-0.3, -0.25) is 9.59 Å². The molecule has 0 radical (unpaired) electrons. The molecule has 0 spiro atoms. The van der Waals surface area contributed by atoms with Gasteiger partial charge in [-0.25, -0.2) is 9.97 Å². The molecule has 1 aromatic carbocycles. The molecule has 0 atom stereocenters. The average Bonchev–Trinajstić information content (AvgIpc) is 3.54. The van der Waals surface area contributed by atoms with Gasteiger partial charge in [0.05, 0.1) is 5.56 Å². The summed E-state index contributed by atoms with van der Waals surface area (Å²) in [5.74, 6) is 1.25. The molecule has 2 amide bonds. The van der Waals surface area contributed by atoms with E-state index in [-0.39, 0.29) is 17.9 Å². The van der Waals surface area contributed by atoms with Crippen molar-refractivity contribution in [3.05, 3.63) is 59.2 Å². The van der Waals surface area contributed by atoms with E-state index in [9.17, 15) is 9.59 Å². The number of benzene rings is 1. The van der Waals surface area contributed by atoms with Crippen molar-refractivity contribution in [2.24, 2.45) is 0 Å². The summed E-state index contributed by atoms with van der Waals surface area (Å²) < 4.78 is 0. The topological polar surface area (TPSA) is 75.2 Å². The van der Waals surface area contributed by atoms with E-state index in [4.69, 9.17) is 0 Å². The van der Waals surface area contributed by atoms with Crippen molar-refractivity contribution in [1.29, 1.82) is 0 Å². The van der Waals surface area contributed by atoms with Crippen molar-refractivity contribution < 1.29 is 9.59 Å². The largest absolute Gasteiger partial charge is 0.349 e. The Morgan fingerprint density at radius 2 is 1.59 bits per heavy atom. The van der Waals surface area contributed by atoms with Gasteiger partial charge >= 0.3 is 0 Å². The van der Waals surface area contributed by atoms with E-state index in [0.29, 0.717) is 24.6 Å². The Morgan fingerprint density at radius 3 is 2.19 bits per heavy atom. The summed E-state index contributed by atoms with van der Waals surface area (Å²) >= 11 is 0. The number of nitrogens with zero attached hydrogens (tertiary/aromatic N) is 3. The lowest BCUT2D eigenvalue weighted by atomic mass is 10.0. The minimum Gasteiger partial charge on any atom is -0.349 e. The maximum Gasteiger partial charge on any atom is 0.254 e. The van der Waals surface area contributed by atoms with E-state index in [1.807, 2.05) is 36.1 Å². The average molecular weight is 364 g/mol. The lowest BCUT2D eigenvalue weighted by molar-refractivity contribution is 0.0698. The molecule has 2 aliphatic rings. The third-order valence-corrected chi connectivity index (χ3v) is 5.29. The fourth-order valence-electron chi connectivity index (χ4n) is 3.38. The molecular weight excluding hydrogens is 340 g/mol. The molecule has 6 nitrogen and oxygen atoms in total. The van der Waals surface area contributed by atoms with Crippen LogP contribution in [0.5, 0.6) is 0 Å². The molecule has 4 rings (SSSR count). The molecule has 1 saturated carbocycles. The van der Waals surface area contributed by atoms with Crippen molar-refractivity contribution in [3.8, 4) is 0 Å². The number of rotatable bonds is 4. The first kappa shape index (κ1) is 17.6. The number of nitrogens with one attached hydrogen (secondary N) is 1. The summed E-state index contributed by atoms with van der Waals surface area (Å²) in [5, 5.41) is 3.05. The van der Waals surface area contributed by atoms with Gasteiger partial charge in [0, 0.05) is 43.0 Å². The maximum absolute atomic E-state index is 12.6. The molecule has 1 aliphatic heterocycles. The van der Waals surface area contributed by atoms with E-state index >= 15 is 0 Å². The van der Waals surface area contributed by atoms with Gasteiger partial charge in [-0.15, -0.1) is 0 Å². The summed E-state index contributed by atoms with van der Waals surface area (Å²) in [5.41, 5.74) is 2.36. The highest BCUT2D eigenvalue weighted by molar-refractivity contribution is 5.95. The smallest absolute Gasteiger partial charge is 0.254 e. The zero-order valence-corrected chi connectivity index (χ0v) is 15.5. The Morgan fingerprint density at radius 1 is 0.963 bits per heavy atom. The van der Waals surface area contributed by atoms with Crippen molar-refractivity contribution in [3.63, 3.8) is 0 Å². The van der Waals surface area contributed by atoms with Crippen LogP contribution in [-0.2, 0) is 0 Å². The van der Waals surface area contributed by atoms with Gasteiger partial charge in [-0.05, 0) is 44.7 Å². The van der Waals surface area contributed by atoms with Crippen LogP contribution in [0, 0.1) is 6.92 Å². The Labute approximate surface area is 159 Å². The normalized spacial score (nSPS) is 17.6. The SMILES string of the molecule is Cc1ccc(C(=O)N2CCC(NC(=O)c3cnc(C4CC4)nc3)CC2)cc1. The predicted octanol–water partition coefficient (Wildman–Crippen LogP) is 2.70. The lowest BCUT2D eigenvalue weighted by Gasteiger charge is -2.32. The number of aryl methyl sites for hydroxylation is 1.